The number of hydrogen-bond donors (Lipinski definition) is 1. The topological polar surface area (TPSA) is 60.2 Å². The first kappa shape index (κ1) is 25.6. The number of phenols is 1. The SMILES string of the molecule is Cc1ccnc(-n2c3[c-]c(Oc4ccc5cc(C)cc(O)c5n4)ccc3c3c(C4CCCC4)cccc32)c1.[Pt]. The fourth-order valence-electron chi connectivity index (χ4n) is 6.03. The molecule has 0 atom stereocenters. The van der Waals surface area contributed by atoms with Crippen molar-refractivity contribution in [2.24, 2.45) is 0 Å². The molecule has 0 bridgehead atoms. The van der Waals surface area contributed by atoms with E-state index in [1.807, 2.05) is 43.5 Å². The summed E-state index contributed by atoms with van der Waals surface area (Å²) in [6, 6.07) is 25.9. The molecule has 6 heteroatoms. The van der Waals surface area contributed by atoms with Gasteiger partial charge in [0.25, 0.3) is 0 Å². The van der Waals surface area contributed by atoms with E-state index in [1.54, 1.807) is 6.07 Å². The molecule has 7 rings (SSSR count). The molecule has 3 aromatic heterocycles. The van der Waals surface area contributed by atoms with Gasteiger partial charge in [0.15, 0.2) is 0 Å². The molecule has 0 radical (unpaired) electrons. The molecule has 1 N–H and O–H groups in total. The van der Waals surface area contributed by atoms with Crippen LogP contribution in [0.1, 0.15) is 48.3 Å². The second-order valence-corrected chi connectivity index (χ2v) is 10.4. The zero-order valence-electron chi connectivity index (χ0n) is 21.8. The van der Waals surface area contributed by atoms with Crippen molar-refractivity contribution in [2.75, 3.05) is 0 Å². The number of ether oxygens (including phenoxy) is 1. The van der Waals surface area contributed by atoms with Gasteiger partial charge in [-0.1, -0.05) is 30.5 Å². The summed E-state index contributed by atoms with van der Waals surface area (Å²) in [6.45, 7) is 4.04. The summed E-state index contributed by atoms with van der Waals surface area (Å²) in [5.41, 5.74) is 6.15. The molecular formula is C33H28N3O2Pt-. The normalized spacial score (nSPS) is 13.8. The van der Waals surface area contributed by atoms with Crippen LogP contribution in [0.2, 0.25) is 0 Å². The number of hydrogen-bond acceptors (Lipinski definition) is 4. The van der Waals surface area contributed by atoms with E-state index >= 15 is 0 Å². The second-order valence-electron chi connectivity index (χ2n) is 10.4. The maximum Gasteiger partial charge on any atom is 0.217 e. The van der Waals surface area contributed by atoms with Crippen LogP contribution in [0.3, 0.4) is 0 Å². The minimum Gasteiger partial charge on any atom is -0.506 e. The van der Waals surface area contributed by atoms with Crippen molar-refractivity contribution in [2.45, 2.75) is 45.4 Å². The molecule has 0 aliphatic heterocycles. The number of aryl methyl sites for hydroxylation is 2. The first-order valence-electron chi connectivity index (χ1n) is 13.3. The quantitative estimate of drug-likeness (QED) is 0.189. The molecule has 39 heavy (non-hydrogen) atoms. The summed E-state index contributed by atoms with van der Waals surface area (Å²) in [6.07, 6.45) is 6.91. The molecule has 0 spiro atoms. The van der Waals surface area contributed by atoms with Crippen LogP contribution >= 0.6 is 0 Å². The van der Waals surface area contributed by atoms with Gasteiger partial charge in [0.1, 0.15) is 17.1 Å². The largest absolute Gasteiger partial charge is 0.506 e. The molecule has 198 valence electrons. The molecule has 1 fully saturated rings. The fraction of sp³-hybridized carbons (Fsp3) is 0.212. The third kappa shape index (κ3) is 4.49. The Morgan fingerprint density at radius 2 is 1.79 bits per heavy atom. The second kappa shape index (κ2) is 10.1. The Balaban J connectivity index is 0.00000277. The Morgan fingerprint density at radius 1 is 0.949 bits per heavy atom. The molecule has 1 aliphatic rings. The Labute approximate surface area is 241 Å². The van der Waals surface area contributed by atoms with Gasteiger partial charge in [-0.3, -0.25) is 0 Å². The van der Waals surface area contributed by atoms with Crippen LogP contribution in [0.25, 0.3) is 38.5 Å². The Morgan fingerprint density at radius 3 is 2.62 bits per heavy atom. The van der Waals surface area contributed by atoms with Crippen molar-refractivity contribution in [1.29, 1.82) is 0 Å². The molecular weight excluding hydrogens is 665 g/mol. The minimum absolute atomic E-state index is 0. The maximum absolute atomic E-state index is 10.4. The molecule has 3 aromatic carbocycles. The van der Waals surface area contributed by atoms with Gasteiger partial charge >= 0.3 is 0 Å². The van der Waals surface area contributed by atoms with Gasteiger partial charge in [0.05, 0.1) is 0 Å². The zero-order valence-corrected chi connectivity index (χ0v) is 24.1. The van der Waals surface area contributed by atoms with Crippen molar-refractivity contribution in [1.82, 2.24) is 14.5 Å². The molecule has 1 saturated carbocycles. The molecule has 3 heterocycles. The van der Waals surface area contributed by atoms with Crippen molar-refractivity contribution in [3.8, 4) is 23.2 Å². The Kier molecular flexibility index (Phi) is 6.64. The molecule has 0 unspecified atom stereocenters. The summed E-state index contributed by atoms with van der Waals surface area (Å²) >= 11 is 0. The average Bonchev–Trinajstić information content (AvgIpc) is 3.55. The van der Waals surface area contributed by atoms with Crippen LogP contribution in [0.5, 0.6) is 17.4 Å². The number of pyridine rings is 2. The van der Waals surface area contributed by atoms with Gasteiger partial charge in [-0.05, 0) is 91.1 Å². The monoisotopic (exact) mass is 693 g/mol. The Hall–Kier alpha value is -3.69. The predicted octanol–water partition coefficient (Wildman–Crippen LogP) is 8.30. The number of fused-ring (bicyclic) bond motifs is 4. The van der Waals surface area contributed by atoms with Gasteiger partial charge in [0, 0.05) is 50.0 Å². The Bertz CT molecular complexity index is 1850. The number of aromatic nitrogens is 3. The minimum atomic E-state index is 0. The van der Waals surface area contributed by atoms with Crippen molar-refractivity contribution in [3.05, 3.63) is 95.7 Å². The van der Waals surface area contributed by atoms with E-state index in [0.29, 0.717) is 23.1 Å². The number of benzene rings is 3. The average molecular weight is 694 g/mol. The molecule has 0 saturated heterocycles. The van der Waals surface area contributed by atoms with E-state index in [0.717, 1.165) is 38.8 Å². The van der Waals surface area contributed by atoms with Crippen molar-refractivity contribution in [3.63, 3.8) is 0 Å². The smallest absolute Gasteiger partial charge is 0.217 e. The van der Waals surface area contributed by atoms with Crippen LogP contribution < -0.4 is 4.74 Å². The summed E-state index contributed by atoms with van der Waals surface area (Å²) in [4.78, 5) is 9.32. The first-order chi connectivity index (χ1) is 18.5. The summed E-state index contributed by atoms with van der Waals surface area (Å²) in [7, 11) is 0. The molecule has 5 nitrogen and oxygen atoms in total. The summed E-state index contributed by atoms with van der Waals surface area (Å²) < 4.78 is 8.41. The van der Waals surface area contributed by atoms with E-state index in [-0.39, 0.29) is 26.8 Å². The van der Waals surface area contributed by atoms with Gasteiger partial charge in [-0.2, -0.15) is 6.07 Å². The van der Waals surface area contributed by atoms with E-state index in [4.69, 9.17) is 9.72 Å². The van der Waals surface area contributed by atoms with Gasteiger partial charge in [-0.15, -0.1) is 17.5 Å². The van der Waals surface area contributed by atoms with Crippen molar-refractivity contribution < 1.29 is 30.9 Å². The molecule has 6 aromatic rings. The van der Waals surface area contributed by atoms with Gasteiger partial charge in [0.2, 0.25) is 5.88 Å². The predicted molar refractivity (Wildman–Crippen MR) is 152 cm³/mol. The van der Waals surface area contributed by atoms with E-state index in [2.05, 4.69) is 52.9 Å². The maximum atomic E-state index is 10.4. The van der Waals surface area contributed by atoms with Crippen LogP contribution in [0.15, 0.2) is 72.9 Å². The van der Waals surface area contributed by atoms with Crippen molar-refractivity contribution >= 4 is 32.7 Å². The van der Waals surface area contributed by atoms with Crippen LogP contribution in [0.4, 0.5) is 0 Å². The van der Waals surface area contributed by atoms with E-state index < -0.39 is 0 Å². The van der Waals surface area contributed by atoms with Crippen LogP contribution in [-0.4, -0.2) is 19.6 Å². The summed E-state index contributed by atoms with van der Waals surface area (Å²) in [5.74, 6) is 2.57. The third-order valence-corrected chi connectivity index (χ3v) is 7.74. The standard InChI is InChI=1S/C33H28N3O2.Pt/c1-20-14-15-34-30(18-20)36-27-9-5-8-25(22-6-3-4-7-22)32(27)26-12-11-24(19-28(26)36)38-31-13-10-23-16-21(2)17-29(37)33(23)35-31;/h5,8-18,22,37H,3-4,6-7H2,1-2H3;/q-1;. The van der Waals surface area contributed by atoms with Crippen LogP contribution in [-0.2, 0) is 21.1 Å². The van der Waals surface area contributed by atoms with E-state index in [9.17, 15) is 5.11 Å². The molecule has 0 amide bonds. The number of nitrogens with zero attached hydrogens (tertiary/aromatic N) is 3. The van der Waals surface area contributed by atoms with Gasteiger partial charge < -0.3 is 14.4 Å². The fourth-order valence-corrected chi connectivity index (χ4v) is 6.03. The first-order valence-corrected chi connectivity index (χ1v) is 13.3. The zero-order chi connectivity index (χ0) is 25.8. The van der Waals surface area contributed by atoms with Crippen LogP contribution in [0, 0.1) is 19.9 Å². The van der Waals surface area contributed by atoms with Gasteiger partial charge in [-0.25, -0.2) is 9.97 Å². The number of phenolic OH excluding ortho intramolecular Hbond substituents is 1. The third-order valence-electron chi connectivity index (χ3n) is 7.74. The van der Waals surface area contributed by atoms with E-state index in [1.165, 1.54) is 36.6 Å². The summed E-state index contributed by atoms with van der Waals surface area (Å²) in [5, 5.41) is 13.7. The number of rotatable bonds is 4. The molecule has 1 aliphatic carbocycles. The number of aromatic hydroxyl groups is 1.